The first-order valence-corrected chi connectivity index (χ1v) is 5.53. The fourth-order valence-electron chi connectivity index (χ4n) is 1.76. The third kappa shape index (κ3) is 3.61. The molecule has 0 saturated carbocycles. The van der Waals surface area contributed by atoms with Crippen molar-refractivity contribution in [3.05, 3.63) is 23.3 Å². The van der Waals surface area contributed by atoms with Crippen molar-refractivity contribution in [2.24, 2.45) is 0 Å². The molecule has 1 aromatic rings. The van der Waals surface area contributed by atoms with Crippen LogP contribution in [0.25, 0.3) is 0 Å². The fourth-order valence-corrected chi connectivity index (χ4v) is 1.76. The maximum atomic E-state index is 9.48. The summed E-state index contributed by atoms with van der Waals surface area (Å²) in [7, 11) is 4.84. The van der Waals surface area contributed by atoms with E-state index in [1.54, 1.807) is 28.3 Å². The molecule has 0 saturated heterocycles. The lowest BCUT2D eigenvalue weighted by molar-refractivity contribution is 0.178. The molecular formula is C13H20O4. The van der Waals surface area contributed by atoms with Gasteiger partial charge in [0.05, 0.1) is 26.9 Å². The average molecular weight is 240 g/mol. The van der Waals surface area contributed by atoms with Crippen LogP contribution >= 0.6 is 0 Å². The lowest BCUT2D eigenvalue weighted by atomic mass is 10.0. The van der Waals surface area contributed by atoms with Crippen LogP contribution < -0.4 is 9.47 Å². The largest absolute Gasteiger partial charge is 0.493 e. The molecule has 0 fully saturated rings. The van der Waals surface area contributed by atoms with Gasteiger partial charge >= 0.3 is 0 Å². The Morgan fingerprint density at radius 1 is 1.06 bits per heavy atom. The Morgan fingerprint density at radius 2 is 1.59 bits per heavy atom. The van der Waals surface area contributed by atoms with Crippen LogP contribution in [0.5, 0.6) is 11.5 Å². The highest BCUT2D eigenvalue weighted by atomic mass is 16.5. The smallest absolute Gasteiger partial charge is 0.161 e. The Bertz CT molecular complexity index is 361. The lowest BCUT2D eigenvalue weighted by Gasteiger charge is -2.15. The van der Waals surface area contributed by atoms with Crippen LogP contribution in [0.4, 0.5) is 0 Å². The molecule has 1 unspecified atom stereocenters. The molecule has 0 heterocycles. The van der Waals surface area contributed by atoms with E-state index >= 15 is 0 Å². The van der Waals surface area contributed by atoms with E-state index in [1.807, 2.05) is 12.1 Å². The summed E-state index contributed by atoms with van der Waals surface area (Å²) < 4.78 is 15.6. The molecule has 0 bridgehead atoms. The van der Waals surface area contributed by atoms with Gasteiger partial charge in [-0.25, -0.2) is 0 Å². The van der Waals surface area contributed by atoms with Crippen molar-refractivity contribution in [3.8, 4) is 11.5 Å². The molecule has 1 atom stereocenters. The number of rotatable bonds is 6. The third-order valence-corrected chi connectivity index (χ3v) is 2.52. The van der Waals surface area contributed by atoms with E-state index < -0.39 is 6.10 Å². The minimum Gasteiger partial charge on any atom is -0.493 e. The summed E-state index contributed by atoms with van der Waals surface area (Å²) in [6, 6.07) is 3.78. The highest BCUT2D eigenvalue weighted by Crippen LogP contribution is 2.31. The molecule has 0 aliphatic rings. The van der Waals surface area contributed by atoms with Crippen LogP contribution in [0.15, 0.2) is 12.1 Å². The zero-order valence-corrected chi connectivity index (χ0v) is 10.8. The molecular weight excluding hydrogens is 220 g/mol. The van der Waals surface area contributed by atoms with Crippen LogP contribution in [0.3, 0.4) is 0 Å². The highest BCUT2D eigenvalue weighted by Gasteiger charge is 2.12. The van der Waals surface area contributed by atoms with Crippen molar-refractivity contribution in [2.75, 3.05) is 21.3 Å². The fraction of sp³-hybridized carbons (Fsp3) is 0.538. The van der Waals surface area contributed by atoms with Gasteiger partial charge in [-0.2, -0.15) is 0 Å². The number of benzene rings is 1. The lowest BCUT2D eigenvalue weighted by Crippen LogP contribution is -2.08. The SMILES string of the molecule is COCc1cc(OC)c(OC)cc1CC(C)O. The number of hydrogen-bond donors (Lipinski definition) is 1. The van der Waals surface area contributed by atoms with Gasteiger partial charge in [0.25, 0.3) is 0 Å². The first-order valence-electron chi connectivity index (χ1n) is 5.53. The maximum Gasteiger partial charge on any atom is 0.161 e. The normalized spacial score (nSPS) is 12.3. The molecule has 0 radical (unpaired) electrons. The number of hydrogen-bond acceptors (Lipinski definition) is 4. The number of ether oxygens (including phenoxy) is 3. The monoisotopic (exact) mass is 240 g/mol. The standard InChI is InChI=1S/C13H20O4/c1-9(14)5-10-6-12(16-3)13(17-4)7-11(10)8-15-2/h6-7,9,14H,5,8H2,1-4H3. The average Bonchev–Trinajstić information content (AvgIpc) is 2.30. The van der Waals surface area contributed by atoms with E-state index in [1.165, 1.54) is 0 Å². The van der Waals surface area contributed by atoms with E-state index in [0.29, 0.717) is 24.5 Å². The van der Waals surface area contributed by atoms with Gasteiger partial charge in [-0.15, -0.1) is 0 Å². The summed E-state index contributed by atoms with van der Waals surface area (Å²) >= 11 is 0. The number of methoxy groups -OCH3 is 3. The summed E-state index contributed by atoms with van der Waals surface area (Å²) in [6.07, 6.45) is 0.169. The summed E-state index contributed by atoms with van der Waals surface area (Å²) in [5.74, 6) is 1.34. The highest BCUT2D eigenvalue weighted by molar-refractivity contribution is 5.47. The van der Waals surface area contributed by atoms with Crippen molar-refractivity contribution >= 4 is 0 Å². The van der Waals surface area contributed by atoms with Crippen molar-refractivity contribution in [2.45, 2.75) is 26.1 Å². The van der Waals surface area contributed by atoms with Gasteiger partial charge < -0.3 is 19.3 Å². The molecule has 1 rings (SSSR count). The minimum atomic E-state index is -0.399. The molecule has 0 spiro atoms. The zero-order chi connectivity index (χ0) is 12.8. The van der Waals surface area contributed by atoms with Gasteiger partial charge in [-0.3, -0.25) is 0 Å². The van der Waals surface area contributed by atoms with Crippen LogP contribution in [0.1, 0.15) is 18.1 Å². The van der Waals surface area contributed by atoms with E-state index in [2.05, 4.69) is 0 Å². The Hall–Kier alpha value is -1.26. The molecule has 0 aromatic heterocycles. The first-order chi connectivity index (χ1) is 8.12. The van der Waals surface area contributed by atoms with E-state index in [4.69, 9.17) is 14.2 Å². The van der Waals surface area contributed by atoms with Crippen molar-refractivity contribution in [1.29, 1.82) is 0 Å². The second-order valence-electron chi connectivity index (χ2n) is 3.96. The molecule has 0 aliphatic heterocycles. The quantitative estimate of drug-likeness (QED) is 0.823. The molecule has 1 aromatic carbocycles. The van der Waals surface area contributed by atoms with E-state index in [9.17, 15) is 5.11 Å². The third-order valence-electron chi connectivity index (χ3n) is 2.52. The van der Waals surface area contributed by atoms with Gasteiger partial charge in [0.15, 0.2) is 11.5 Å². The Morgan fingerprint density at radius 3 is 2.00 bits per heavy atom. The molecule has 17 heavy (non-hydrogen) atoms. The van der Waals surface area contributed by atoms with Gasteiger partial charge in [0, 0.05) is 7.11 Å². The molecule has 96 valence electrons. The maximum absolute atomic E-state index is 9.48. The van der Waals surface area contributed by atoms with Gasteiger partial charge in [-0.1, -0.05) is 0 Å². The van der Waals surface area contributed by atoms with Crippen LogP contribution in [0.2, 0.25) is 0 Å². The van der Waals surface area contributed by atoms with Crippen molar-refractivity contribution < 1.29 is 19.3 Å². The predicted molar refractivity (Wildman–Crippen MR) is 65.6 cm³/mol. The Balaban J connectivity index is 3.14. The van der Waals surface area contributed by atoms with Gasteiger partial charge in [-0.05, 0) is 36.6 Å². The number of aliphatic hydroxyl groups is 1. The summed E-state index contributed by atoms with van der Waals surface area (Å²) in [6.45, 7) is 2.25. The summed E-state index contributed by atoms with van der Waals surface area (Å²) in [4.78, 5) is 0. The second-order valence-corrected chi connectivity index (χ2v) is 3.96. The van der Waals surface area contributed by atoms with Crippen molar-refractivity contribution in [1.82, 2.24) is 0 Å². The first kappa shape index (κ1) is 13.8. The van der Waals surface area contributed by atoms with E-state index in [0.717, 1.165) is 11.1 Å². The zero-order valence-electron chi connectivity index (χ0n) is 10.8. The summed E-state index contributed by atoms with van der Waals surface area (Å²) in [5.41, 5.74) is 2.02. The summed E-state index contributed by atoms with van der Waals surface area (Å²) in [5, 5.41) is 9.48. The molecule has 0 aliphatic carbocycles. The van der Waals surface area contributed by atoms with Crippen LogP contribution in [0, 0.1) is 0 Å². The Labute approximate surface area is 102 Å². The second kappa shape index (κ2) is 6.47. The Kier molecular flexibility index (Phi) is 5.25. The van der Waals surface area contributed by atoms with Gasteiger partial charge in [0.2, 0.25) is 0 Å². The minimum absolute atomic E-state index is 0.399. The topological polar surface area (TPSA) is 47.9 Å². The van der Waals surface area contributed by atoms with Crippen molar-refractivity contribution in [3.63, 3.8) is 0 Å². The van der Waals surface area contributed by atoms with Gasteiger partial charge in [0.1, 0.15) is 0 Å². The molecule has 4 nitrogen and oxygen atoms in total. The predicted octanol–water partition coefficient (Wildman–Crippen LogP) is 1.77. The molecule has 0 amide bonds. The number of aliphatic hydroxyl groups excluding tert-OH is 1. The molecule has 1 N–H and O–H groups in total. The molecule has 4 heteroatoms. The van der Waals surface area contributed by atoms with Crippen LogP contribution in [-0.2, 0) is 17.8 Å². The van der Waals surface area contributed by atoms with E-state index in [-0.39, 0.29) is 0 Å². The van der Waals surface area contributed by atoms with Crippen LogP contribution in [-0.4, -0.2) is 32.5 Å².